The number of hydrogen-bond donors (Lipinski definition) is 2. The van der Waals surface area contributed by atoms with Crippen LogP contribution < -0.4 is 10.6 Å². The van der Waals surface area contributed by atoms with E-state index < -0.39 is 0 Å². The Morgan fingerprint density at radius 3 is 2.22 bits per heavy atom. The number of hydrogen-bond acceptors (Lipinski definition) is 3. The minimum absolute atomic E-state index is 0.120. The summed E-state index contributed by atoms with van der Waals surface area (Å²) in [6, 6.07) is 14.9. The molecule has 0 aromatic heterocycles. The molecule has 0 radical (unpaired) electrons. The molecule has 0 bridgehead atoms. The average molecular weight is 365 g/mol. The predicted octanol–water partition coefficient (Wildman–Crippen LogP) is 4.13. The van der Waals surface area contributed by atoms with E-state index in [1.807, 2.05) is 24.3 Å². The van der Waals surface area contributed by atoms with Crippen LogP contribution in [0.4, 0.5) is 11.4 Å². The van der Waals surface area contributed by atoms with Gasteiger partial charge in [0.2, 0.25) is 5.91 Å². The number of nitrogens with zero attached hydrogens (tertiary/aromatic N) is 1. The van der Waals surface area contributed by atoms with E-state index in [2.05, 4.69) is 22.5 Å². The van der Waals surface area contributed by atoms with Crippen LogP contribution >= 0.6 is 0 Å². The highest BCUT2D eigenvalue weighted by molar-refractivity contribution is 6.04. The van der Waals surface area contributed by atoms with Gasteiger partial charge in [-0.15, -0.1) is 0 Å². The van der Waals surface area contributed by atoms with Crippen molar-refractivity contribution in [3.8, 4) is 0 Å². The number of carbonyl (C=O) groups excluding carboxylic acids is 2. The van der Waals surface area contributed by atoms with E-state index in [0.717, 1.165) is 25.6 Å². The highest BCUT2D eigenvalue weighted by Crippen LogP contribution is 2.19. The fourth-order valence-corrected chi connectivity index (χ4v) is 3.49. The molecule has 2 aromatic carbocycles. The van der Waals surface area contributed by atoms with Crippen LogP contribution in [-0.4, -0.2) is 29.8 Å². The minimum atomic E-state index is -0.138. The van der Waals surface area contributed by atoms with Crippen molar-refractivity contribution in [2.75, 3.05) is 23.7 Å². The van der Waals surface area contributed by atoms with Gasteiger partial charge in [0.05, 0.1) is 0 Å². The van der Waals surface area contributed by atoms with Crippen molar-refractivity contribution in [3.63, 3.8) is 0 Å². The summed E-state index contributed by atoms with van der Waals surface area (Å²) >= 11 is 0. The molecule has 0 saturated carbocycles. The second-order valence-corrected chi connectivity index (χ2v) is 7.39. The van der Waals surface area contributed by atoms with Crippen molar-refractivity contribution >= 4 is 23.2 Å². The van der Waals surface area contributed by atoms with Crippen LogP contribution in [0.1, 0.15) is 42.6 Å². The molecular weight excluding hydrogens is 338 g/mol. The lowest BCUT2D eigenvalue weighted by Crippen LogP contribution is -2.33. The third kappa shape index (κ3) is 5.66. The molecule has 2 amide bonds. The Hall–Kier alpha value is -2.66. The van der Waals surface area contributed by atoms with E-state index >= 15 is 0 Å². The molecule has 1 aliphatic heterocycles. The van der Waals surface area contributed by atoms with E-state index in [1.54, 1.807) is 24.3 Å². The number of carbonyl (C=O) groups is 2. The van der Waals surface area contributed by atoms with Crippen LogP contribution in [0.2, 0.25) is 0 Å². The summed E-state index contributed by atoms with van der Waals surface area (Å²) in [4.78, 5) is 26.0. The normalized spacial score (nSPS) is 17.3. The molecule has 5 nitrogen and oxygen atoms in total. The number of likely N-dealkylation sites (tertiary alicyclic amines) is 1. The highest BCUT2D eigenvalue weighted by atomic mass is 16.2. The Kier molecular flexibility index (Phi) is 6.24. The summed E-state index contributed by atoms with van der Waals surface area (Å²) in [5, 5.41) is 5.59. The lowest BCUT2D eigenvalue weighted by molar-refractivity contribution is -0.114. The van der Waals surface area contributed by atoms with Gasteiger partial charge >= 0.3 is 0 Å². The summed E-state index contributed by atoms with van der Waals surface area (Å²) in [7, 11) is 0. The van der Waals surface area contributed by atoms with Crippen LogP contribution in [0, 0.1) is 5.92 Å². The molecule has 1 fully saturated rings. The topological polar surface area (TPSA) is 61.4 Å². The Labute approximate surface area is 160 Å². The van der Waals surface area contributed by atoms with E-state index in [1.165, 1.54) is 25.3 Å². The Balaban J connectivity index is 1.56. The van der Waals surface area contributed by atoms with Crippen molar-refractivity contribution in [1.82, 2.24) is 4.90 Å². The molecule has 2 N–H and O–H groups in total. The third-order valence-corrected chi connectivity index (χ3v) is 4.83. The summed E-state index contributed by atoms with van der Waals surface area (Å²) in [6.07, 6.45) is 2.59. The van der Waals surface area contributed by atoms with Crippen molar-refractivity contribution in [2.24, 2.45) is 5.92 Å². The lowest BCUT2D eigenvalue weighted by Gasteiger charge is -2.30. The summed E-state index contributed by atoms with van der Waals surface area (Å²) < 4.78 is 0. The number of nitrogens with one attached hydrogen (secondary N) is 2. The molecule has 5 heteroatoms. The quantitative estimate of drug-likeness (QED) is 0.837. The van der Waals surface area contributed by atoms with Crippen LogP contribution in [0.15, 0.2) is 48.5 Å². The van der Waals surface area contributed by atoms with Crippen molar-refractivity contribution in [2.45, 2.75) is 33.2 Å². The Morgan fingerprint density at radius 2 is 1.63 bits per heavy atom. The van der Waals surface area contributed by atoms with Gasteiger partial charge in [0.15, 0.2) is 0 Å². The average Bonchev–Trinajstić information content (AvgIpc) is 2.63. The summed E-state index contributed by atoms with van der Waals surface area (Å²) in [6.45, 7) is 7.02. The molecule has 1 heterocycles. The van der Waals surface area contributed by atoms with Gasteiger partial charge in [-0.1, -0.05) is 19.1 Å². The monoisotopic (exact) mass is 365 g/mol. The van der Waals surface area contributed by atoms with Gasteiger partial charge in [-0.05, 0) is 67.3 Å². The zero-order chi connectivity index (χ0) is 19.2. The largest absolute Gasteiger partial charge is 0.326 e. The van der Waals surface area contributed by atoms with Crippen molar-refractivity contribution in [1.29, 1.82) is 0 Å². The molecule has 1 saturated heterocycles. The van der Waals surface area contributed by atoms with Gasteiger partial charge in [-0.25, -0.2) is 0 Å². The fourth-order valence-electron chi connectivity index (χ4n) is 3.49. The molecule has 1 atom stereocenters. The Morgan fingerprint density at radius 1 is 1.00 bits per heavy atom. The number of piperidine rings is 1. The van der Waals surface area contributed by atoms with Crippen molar-refractivity contribution in [3.05, 3.63) is 59.7 Å². The molecule has 142 valence electrons. The Bertz CT molecular complexity index is 784. The predicted molar refractivity (Wildman–Crippen MR) is 109 cm³/mol. The van der Waals surface area contributed by atoms with Crippen LogP contribution in [-0.2, 0) is 11.3 Å². The van der Waals surface area contributed by atoms with Gasteiger partial charge < -0.3 is 10.6 Å². The van der Waals surface area contributed by atoms with Crippen molar-refractivity contribution < 1.29 is 9.59 Å². The minimum Gasteiger partial charge on any atom is -0.326 e. The molecule has 1 aliphatic rings. The van der Waals surface area contributed by atoms with E-state index in [4.69, 9.17) is 0 Å². The van der Waals surface area contributed by atoms with Gasteiger partial charge in [-0.2, -0.15) is 0 Å². The molecule has 2 aromatic rings. The zero-order valence-corrected chi connectivity index (χ0v) is 16.0. The first-order valence-corrected chi connectivity index (χ1v) is 9.50. The molecular formula is C22H27N3O2. The molecule has 0 aliphatic carbocycles. The molecule has 0 spiro atoms. The van der Waals surface area contributed by atoms with Crippen LogP contribution in [0.3, 0.4) is 0 Å². The first-order chi connectivity index (χ1) is 13.0. The first kappa shape index (κ1) is 19.1. The standard InChI is InChI=1S/C22H27N3O2/c1-16-4-3-13-25(14-16)15-18-5-7-19(8-6-18)22(27)24-21-11-9-20(10-12-21)23-17(2)26/h5-12,16H,3-4,13-15H2,1-2H3,(H,23,26)(H,24,27)/t16-/m1/s1. The maximum atomic E-state index is 12.4. The second kappa shape index (κ2) is 8.82. The number of rotatable bonds is 5. The number of amides is 2. The second-order valence-electron chi connectivity index (χ2n) is 7.39. The fraction of sp³-hybridized carbons (Fsp3) is 0.364. The SMILES string of the molecule is CC(=O)Nc1ccc(NC(=O)c2ccc(CN3CCC[C@@H](C)C3)cc2)cc1. The summed E-state index contributed by atoms with van der Waals surface area (Å²) in [5.41, 5.74) is 3.27. The van der Waals surface area contributed by atoms with Crippen LogP contribution in [0.25, 0.3) is 0 Å². The van der Waals surface area contributed by atoms with E-state index in [-0.39, 0.29) is 11.8 Å². The maximum Gasteiger partial charge on any atom is 0.255 e. The summed E-state index contributed by atoms with van der Waals surface area (Å²) in [5.74, 6) is 0.507. The zero-order valence-electron chi connectivity index (χ0n) is 16.0. The van der Waals surface area contributed by atoms with Crippen LogP contribution in [0.5, 0.6) is 0 Å². The third-order valence-electron chi connectivity index (χ3n) is 4.83. The van der Waals surface area contributed by atoms with Gasteiger partial charge in [0.25, 0.3) is 5.91 Å². The molecule has 0 unspecified atom stereocenters. The smallest absolute Gasteiger partial charge is 0.255 e. The lowest BCUT2D eigenvalue weighted by atomic mass is 9.99. The van der Waals surface area contributed by atoms with Gasteiger partial charge in [-0.3, -0.25) is 14.5 Å². The number of benzene rings is 2. The molecule has 3 rings (SSSR count). The van der Waals surface area contributed by atoms with E-state index in [9.17, 15) is 9.59 Å². The van der Waals surface area contributed by atoms with E-state index in [0.29, 0.717) is 16.9 Å². The first-order valence-electron chi connectivity index (χ1n) is 9.50. The highest BCUT2D eigenvalue weighted by Gasteiger charge is 2.16. The van der Waals surface area contributed by atoms with Gasteiger partial charge in [0, 0.05) is 37.0 Å². The number of anilines is 2. The maximum absolute atomic E-state index is 12.4. The molecule has 27 heavy (non-hydrogen) atoms. The van der Waals surface area contributed by atoms with Gasteiger partial charge in [0.1, 0.15) is 0 Å².